The summed E-state index contributed by atoms with van der Waals surface area (Å²) in [5, 5.41) is 2.52. The average Bonchev–Trinajstić information content (AvgIpc) is 2.64. The Morgan fingerprint density at radius 1 is 1.11 bits per heavy atom. The Morgan fingerprint density at radius 2 is 1.68 bits per heavy atom. The summed E-state index contributed by atoms with van der Waals surface area (Å²) in [6.07, 6.45) is 0.884. The maximum absolute atomic E-state index is 12.2. The van der Waals surface area contributed by atoms with Crippen LogP contribution in [0, 0.1) is 0 Å². The zero-order valence-electron chi connectivity index (χ0n) is 9.88. The van der Waals surface area contributed by atoms with Crippen LogP contribution in [0.3, 0.4) is 0 Å². The molecule has 2 aliphatic heterocycles. The molecule has 0 bridgehead atoms. The number of fused-ring (bicyclic) bond motifs is 1. The summed E-state index contributed by atoms with van der Waals surface area (Å²) in [6, 6.07) is 5.83. The number of benzene rings is 1. The normalized spacial score (nSPS) is 22.5. The van der Waals surface area contributed by atoms with E-state index in [0.717, 1.165) is 4.90 Å². The molecule has 0 spiro atoms. The Hall–Kier alpha value is -2.08. The van der Waals surface area contributed by atoms with Crippen molar-refractivity contribution in [1.82, 2.24) is 10.2 Å². The second kappa shape index (κ2) is 4.24. The van der Waals surface area contributed by atoms with Gasteiger partial charge < -0.3 is 5.32 Å². The highest BCUT2D eigenvalue weighted by Crippen LogP contribution is 2.27. The van der Waals surface area contributed by atoms with Crippen LogP contribution < -0.4 is 5.32 Å². The van der Waals surface area contributed by atoms with Crippen LogP contribution in [0.15, 0.2) is 24.3 Å². The summed E-state index contributed by atoms with van der Waals surface area (Å²) in [7, 11) is 0. The number of hydrogen-bond donors (Lipinski definition) is 1. The van der Waals surface area contributed by atoms with E-state index in [2.05, 4.69) is 5.32 Å². The largest absolute Gasteiger partial charge is 0.319 e. The molecule has 0 aromatic heterocycles. The maximum Gasteiger partial charge on any atom is 0.262 e. The number of hydrogen-bond acceptors (Lipinski definition) is 4. The van der Waals surface area contributed by atoms with E-state index >= 15 is 0 Å². The Balaban J connectivity index is 1.96. The molecule has 1 N–H and O–H groups in total. The Labute approximate surface area is 114 Å². The Kier molecular flexibility index (Phi) is 2.67. The molecular formula is C13H10N2O3S. The quantitative estimate of drug-likeness (QED) is 0.610. The molecule has 19 heavy (non-hydrogen) atoms. The van der Waals surface area contributed by atoms with E-state index in [1.807, 2.05) is 0 Å². The zero-order valence-corrected chi connectivity index (χ0v) is 10.7. The molecule has 1 aromatic rings. The van der Waals surface area contributed by atoms with Crippen molar-refractivity contribution in [2.24, 2.45) is 0 Å². The van der Waals surface area contributed by atoms with Crippen LogP contribution in [-0.2, 0) is 4.79 Å². The molecular weight excluding hydrogens is 264 g/mol. The summed E-state index contributed by atoms with van der Waals surface area (Å²) >= 11 is 4.92. The van der Waals surface area contributed by atoms with Crippen molar-refractivity contribution in [3.8, 4) is 0 Å². The third kappa shape index (κ3) is 1.76. The first-order valence-electron chi connectivity index (χ1n) is 5.90. The second-order valence-corrected chi connectivity index (χ2v) is 4.99. The molecule has 0 aliphatic carbocycles. The van der Waals surface area contributed by atoms with Gasteiger partial charge in [-0.2, -0.15) is 0 Å². The van der Waals surface area contributed by atoms with Crippen molar-refractivity contribution in [2.75, 3.05) is 0 Å². The molecule has 1 unspecified atom stereocenters. The smallest absolute Gasteiger partial charge is 0.262 e. The zero-order chi connectivity index (χ0) is 13.6. The predicted octanol–water partition coefficient (Wildman–Crippen LogP) is 0.889. The van der Waals surface area contributed by atoms with Gasteiger partial charge in [0.05, 0.1) is 16.1 Å². The van der Waals surface area contributed by atoms with Gasteiger partial charge in [-0.1, -0.05) is 24.4 Å². The summed E-state index contributed by atoms with van der Waals surface area (Å²) in [4.78, 5) is 37.8. The number of carbonyl (C=O) groups excluding carboxylic acids is 3. The molecule has 0 radical (unpaired) electrons. The van der Waals surface area contributed by atoms with Crippen molar-refractivity contribution in [2.45, 2.75) is 18.9 Å². The summed E-state index contributed by atoms with van der Waals surface area (Å²) in [5.74, 6) is -1.20. The number of imide groups is 1. The number of thiocarbonyl (C=S) groups is 1. The predicted molar refractivity (Wildman–Crippen MR) is 70.7 cm³/mol. The van der Waals surface area contributed by atoms with Gasteiger partial charge in [0.2, 0.25) is 5.91 Å². The first-order chi connectivity index (χ1) is 9.09. The molecule has 1 fully saturated rings. The van der Waals surface area contributed by atoms with Gasteiger partial charge >= 0.3 is 0 Å². The van der Waals surface area contributed by atoms with Crippen LogP contribution in [0.1, 0.15) is 33.6 Å². The van der Waals surface area contributed by atoms with Gasteiger partial charge in [-0.05, 0) is 18.6 Å². The fourth-order valence-electron chi connectivity index (χ4n) is 2.42. The van der Waals surface area contributed by atoms with Gasteiger partial charge in [-0.3, -0.25) is 19.3 Å². The van der Waals surface area contributed by atoms with Crippen molar-refractivity contribution in [1.29, 1.82) is 0 Å². The minimum Gasteiger partial charge on any atom is -0.319 e. The molecule has 3 amide bonds. The highest BCUT2D eigenvalue weighted by atomic mass is 32.1. The summed E-state index contributed by atoms with van der Waals surface area (Å²) in [6.45, 7) is 0. The Bertz CT molecular complexity index is 591. The number of rotatable bonds is 1. The van der Waals surface area contributed by atoms with Gasteiger partial charge in [-0.15, -0.1) is 0 Å². The Morgan fingerprint density at radius 3 is 2.21 bits per heavy atom. The van der Waals surface area contributed by atoms with E-state index in [4.69, 9.17) is 12.2 Å². The van der Waals surface area contributed by atoms with Gasteiger partial charge in [0.1, 0.15) is 6.04 Å². The van der Waals surface area contributed by atoms with Crippen molar-refractivity contribution in [3.05, 3.63) is 35.4 Å². The lowest BCUT2D eigenvalue weighted by Crippen LogP contribution is -2.53. The molecule has 5 nitrogen and oxygen atoms in total. The van der Waals surface area contributed by atoms with Crippen molar-refractivity contribution < 1.29 is 14.4 Å². The van der Waals surface area contributed by atoms with E-state index < -0.39 is 17.9 Å². The lowest BCUT2D eigenvalue weighted by atomic mass is 10.1. The first-order valence-corrected chi connectivity index (χ1v) is 6.31. The van der Waals surface area contributed by atoms with Crippen LogP contribution in [-0.4, -0.2) is 33.7 Å². The van der Waals surface area contributed by atoms with Crippen LogP contribution in [0.4, 0.5) is 0 Å². The molecule has 1 saturated heterocycles. The fraction of sp³-hybridized carbons (Fsp3) is 0.231. The minimum absolute atomic E-state index is 0.355. The number of carbonyl (C=O) groups is 3. The number of piperidine rings is 1. The molecule has 1 atom stereocenters. The van der Waals surface area contributed by atoms with E-state index in [1.54, 1.807) is 24.3 Å². The van der Waals surface area contributed by atoms with E-state index in [9.17, 15) is 14.4 Å². The van der Waals surface area contributed by atoms with Crippen LogP contribution in [0.2, 0.25) is 0 Å². The third-order valence-electron chi connectivity index (χ3n) is 3.35. The molecule has 2 heterocycles. The molecule has 6 heteroatoms. The fourth-order valence-corrected chi connectivity index (χ4v) is 2.64. The topological polar surface area (TPSA) is 66.5 Å². The lowest BCUT2D eigenvalue weighted by molar-refractivity contribution is -0.124. The standard InChI is InChI=1S/C13H10N2O3S/c16-11-9(5-6-10(19)14-11)15-12(17)7-3-1-2-4-8(7)13(15)18/h1-4,9H,5-6H2,(H,14,16,19). The minimum atomic E-state index is -0.765. The molecule has 2 aliphatic rings. The number of nitrogens with zero attached hydrogens (tertiary/aromatic N) is 1. The molecule has 3 rings (SSSR count). The van der Waals surface area contributed by atoms with Gasteiger partial charge in [0, 0.05) is 6.42 Å². The van der Waals surface area contributed by atoms with Gasteiger partial charge in [0.15, 0.2) is 0 Å². The number of nitrogens with one attached hydrogen (secondary N) is 1. The number of amides is 3. The van der Waals surface area contributed by atoms with Crippen molar-refractivity contribution >= 4 is 34.9 Å². The summed E-state index contributed by atoms with van der Waals surface area (Å²) < 4.78 is 0. The van der Waals surface area contributed by atoms with E-state index in [1.165, 1.54) is 0 Å². The van der Waals surface area contributed by atoms with E-state index in [0.29, 0.717) is 29.0 Å². The van der Waals surface area contributed by atoms with Crippen LogP contribution >= 0.6 is 12.2 Å². The van der Waals surface area contributed by atoms with Crippen LogP contribution in [0.5, 0.6) is 0 Å². The maximum atomic E-state index is 12.2. The highest BCUT2D eigenvalue weighted by Gasteiger charge is 2.43. The lowest BCUT2D eigenvalue weighted by Gasteiger charge is -2.28. The summed E-state index contributed by atoms with van der Waals surface area (Å²) in [5.41, 5.74) is 0.710. The third-order valence-corrected chi connectivity index (χ3v) is 3.65. The van der Waals surface area contributed by atoms with Crippen LogP contribution in [0.25, 0.3) is 0 Å². The molecule has 96 valence electrons. The SMILES string of the molecule is O=C1NC(=S)CCC1N1C(=O)c2ccccc2C1=O. The van der Waals surface area contributed by atoms with Crippen molar-refractivity contribution in [3.63, 3.8) is 0 Å². The average molecular weight is 274 g/mol. The van der Waals surface area contributed by atoms with E-state index in [-0.39, 0.29) is 5.91 Å². The highest BCUT2D eigenvalue weighted by molar-refractivity contribution is 7.80. The van der Waals surface area contributed by atoms with Gasteiger partial charge in [0.25, 0.3) is 11.8 Å². The first kappa shape index (κ1) is 12.0. The second-order valence-electron chi connectivity index (χ2n) is 4.49. The molecule has 1 aromatic carbocycles. The van der Waals surface area contributed by atoms with Gasteiger partial charge in [-0.25, -0.2) is 0 Å². The molecule has 0 saturated carbocycles. The monoisotopic (exact) mass is 274 g/mol.